The molecule has 4 rings (SSSR count). The van der Waals surface area contributed by atoms with Gasteiger partial charge in [0.15, 0.2) is 22.5 Å². The van der Waals surface area contributed by atoms with Gasteiger partial charge in [-0.15, -0.1) is 10.2 Å². The molecule has 0 unspecified atom stereocenters. The first-order chi connectivity index (χ1) is 17.9. The highest BCUT2D eigenvalue weighted by atomic mass is 35.5. The van der Waals surface area contributed by atoms with Crippen LogP contribution < -0.4 is 14.9 Å². The van der Waals surface area contributed by atoms with Crippen LogP contribution in [0.25, 0.3) is 17.1 Å². The number of para-hydroxylation sites is 1. The Labute approximate surface area is 222 Å². The molecule has 0 radical (unpaired) electrons. The predicted molar refractivity (Wildman–Crippen MR) is 143 cm³/mol. The molecule has 0 saturated heterocycles. The van der Waals surface area contributed by atoms with Crippen molar-refractivity contribution in [1.29, 1.82) is 0 Å². The molecule has 0 spiro atoms. The summed E-state index contributed by atoms with van der Waals surface area (Å²) in [6.07, 6.45) is 1.47. The maximum atomic E-state index is 12.5. The third-order valence-corrected chi connectivity index (χ3v) is 6.11. The van der Waals surface area contributed by atoms with Crippen LogP contribution in [-0.4, -0.2) is 45.7 Å². The molecule has 188 valence electrons. The third kappa shape index (κ3) is 6.75. The number of methoxy groups -OCH3 is 1. The van der Waals surface area contributed by atoms with Gasteiger partial charge in [0, 0.05) is 23.2 Å². The van der Waals surface area contributed by atoms with Crippen molar-refractivity contribution < 1.29 is 19.1 Å². The van der Waals surface area contributed by atoms with Crippen LogP contribution in [0.4, 0.5) is 0 Å². The van der Waals surface area contributed by atoms with Crippen LogP contribution in [0, 0.1) is 0 Å². The van der Waals surface area contributed by atoms with Crippen molar-refractivity contribution in [2.24, 2.45) is 5.10 Å². The Morgan fingerprint density at radius 1 is 1.05 bits per heavy atom. The molecule has 1 aromatic heterocycles. The van der Waals surface area contributed by atoms with Gasteiger partial charge in [-0.05, 0) is 60.2 Å². The fourth-order valence-corrected chi connectivity index (χ4v) is 4.17. The summed E-state index contributed by atoms with van der Waals surface area (Å²) in [7, 11) is 1.47. The summed E-state index contributed by atoms with van der Waals surface area (Å²) in [6, 6.07) is 21.9. The predicted octanol–water partition coefficient (Wildman–Crippen LogP) is 4.76. The molecule has 0 bridgehead atoms. The molecule has 4 aromatic rings. The Morgan fingerprint density at radius 2 is 1.81 bits per heavy atom. The van der Waals surface area contributed by atoms with E-state index in [1.807, 2.05) is 47.0 Å². The van der Waals surface area contributed by atoms with Gasteiger partial charge in [0.1, 0.15) is 0 Å². The van der Waals surface area contributed by atoms with Crippen molar-refractivity contribution in [3.63, 3.8) is 0 Å². The topological polar surface area (TPSA) is 108 Å². The number of carbonyl (C=O) groups excluding carboxylic acids is 2. The molecule has 9 nitrogen and oxygen atoms in total. The van der Waals surface area contributed by atoms with Crippen molar-refractivity contribution in [2.75, 3.05) is 12.9 Å². The van der Waals surface area contributed by atoms with E-state index in [4.69, 9.17) is 21.1 Å². The number of rotatable bonds is 9. The van der Waals surface area contributed by atoms with Crippen LogP contribution in [0.5, 0.6) is 11.5 Å². The summed E-state index contributed by atoms with van der Waals surface area (Å²) in [5, 5.41) is 13.9. The van der Waals surface area contributed by atoms with E-state index < -0.39 is 5.97 Å². The lowest BCUT2D eigenvalue weighted by Crippen LogP contribution is -2.20. The van der Waals surface area contributed by atoms with Gasteiger partial charge in [-0.25, -0.2) is 5.43 Å². The number of ether oxygens (including phenoxy) is 2. The van der Waals surface area contributed by atoms with Crippen molar-refractivity contribution in [3.05, 3.63) is 83.4 Å². The Balaban J connectivity index is 1.44. The number of amides is 1. The molecule has 0 fully saturated rings. The maximum absolute atomic E-state index is 12.5. The Morgan fingerprint density at radius 3 is 2.51 bits per heavy atom. The summed E-state index contributed by atoms with van der Waals surface area (Å²) < 4.78 is 12.2. The van der Waals surface area contributed by atoms with Gasteiger partial charge in [-0.2, -0.15) is 5.10 Å². The third-order valence-electron chi connectivity index (χ3n) is 4.93. The summed E-state index contributed by atoms with van der Waals surface area (Å²) in [6.45, 7) is 1.31. The molecule has 1 heterocycles. The number of nitrogens with zero attached hydrogens (tertiary/aromatic N) is 4. The first-order valence-corrected chi connectivity index (χ1v) is 12.4. The monoisotopic (exact) mass is 535 g/mol. The van der Waals surface area contributed by atoms with Gasteiger partial charge < -0.3 is 9.47 Å². The number of hydrogen-bond donors (Lipinski definition) is 1. The highest BCUT2D eigenvalue weighted by Gasteiger charge is 2.17. The lowest BCUT2D eigenvalue weighted by molar-refractivity contribution is -0.132. The lowest BCUT2D eigenvalue weighted by Gasteiger charge is -2.10. The summed E-state index contributed by atoms with van der Waals surface area (Å²) in [4.78, 5) is 23.7. The number of hydrazone groups is 1. The van der Waals surface area contributed by atoms with Crippen LogP contribution in [0.15, 0.2) is 83.1 Å². The zero-order valence-corrected chi connectivity index (χ0v) is 21.5. The highest BCUT2D eigenvalue weighted by Crippen LogP contribution is 2.29. The minimum Gasteiger partial charge on any atom is -0.493 e. The first-order valence-electron chi connectivity index (χ1n) is 11.0. The number of aromatic nitrogens is 3. The lowest BCUT2D eigenvalue weighted by atomic mass is 10.2. The van der Waals surface area contributed by atoms with Crippen LogP contribution in [0.3, 0.4) is 0 Å². The van der Waals surface area contributed by atoms with E-state index in [0.29, 0.717) is 33.1 Å². The van der Waals surface area contributed by atoms with E-state index in [2.05, 4.69) is 20.7 Å². The average molecular weight is 536 g/mol. The highest BCUT2D eigenvalue weighted by molar-refractivity contribution is 7.99. The standard InChI is InChI=1S/C26H22ClN5O4S/c1-17(33)36-22-13-8-18(14-23(22)35-2)15-28-29-24(34)16-37-26-31-30-25(19-9-11-20(27)12-10-19)32(26)21-6-4-3-5-7-21/h3-15H,16H2,1-2H3,(H,29,34)/b28-15+. The quantitative estimate of drug-likeness (QED) is 0.108. The maximum Gasteiger partial charge on any atom is 0.308 e. The van der Waals surface area contributed by atoms with E-state index in [0.717, 1.165) is 11.3 Å². The Hall–Kier alpha value is -4.15. The molecular weight excluding hydrogens is 514 g/mol. The number of halogens is 1. The molecule has 0 atom stereocenters. The number of carbonyl (C=O) groups is 2. The fraction of sp³-hybridized carbons (Fsp3) is 0.115. The van der Waals surface area contributed by atoms with Crippen molar-refractivity contribution >= 4 is 41.5 Å². The van der Waals surface area contributed by atoms with E-state index in [-0.39, 0.29) is 11.7 Å². The molecule has 3 aromatic carbocycles. The number of thioether (sulfide) groups is 1. The fourth-order valence-electron chi connectivity index (χ4n) is 3.30. The van der Waals surface area contributed by atoms with Crippen LogP contribution in [-0.2, 0) is 9.59 Å². The van der Waals surface area contributed by atoms with Gasteiger partial charge in [0.05, 0.1) is 19.1 Å². The zero-order valence-electron chi connectivity index (χ0n) is 19.9. The summed E-state index contributed by atoms with van der Waals surface area (Å²) in [5.74, 6) is 0.603. The first kappa shape index (κ1) is 25.9. The minimum atomic E-state index is -0.451. The van der Waals surface area contributed by atoms with E-state index in [1.165, 1.54) is 32.0 Å². The number of esters is 1. The molecule has 1 N–H and O–H groups in total. The molecule has 0 aliphatic heterocycles. The second-order valence-corrected chi connectivity index (χ2v) is 8.95. The zero-order chi connectivity index (χ0) is 26.2. The van der Waals surface area contributed by atoms with Crippen molar-refractivity contribution in [3.8, 4) is 28.6 Å². The number of nitrogens with one attached hydrogen (secondary N) is 1. The molecule has 0 saturated carbocycles. The summed E-state index contributed by atoms with van der Waals surface area (Å²) >= 11 is 7.28. The Kier molecular flexibility index (Phi) is 8.55. The van der Waals surface area contributed by atoms with Gasteiger partial charge in [0.2, 0.25) is 0 Å². The van der Waals surface area contributed by atoms with Crippen LogP contribution in [0.2, 0.25) is 5.02 Å². The van der Waals surface area contributed by atoms with Crippen molar-refractivity contribution in [1.82, 2.24) is 20.2 Å². The Bertz CT molecular complexity index is 1420. The van der Waals surface area contributed by atoms with Gasteiger partial charge in [-0.1, -0.05) is 41.6 Å². The van der Waals surface area contributed by atoms with Gasteiger partial charge in [-0.3, -0.25) is 14.2 Å². The van der Waals surface area contributed by atoms with Crippen LogP contribution >= 0.6 is 23.4 Å². The second kappa shape index (κ2) is 12.2. The van der Waals surface area contributed by atoms with Gasteiger partial charge in [0.25, 0.3) is 5.91 Å². The molecule has 11 heteroatoms. The van der Waals surface area contributed by atoms with Crippen molar-refractivity contribution in [2.45, 2.75) is 12.1 Å². The number of benzene rings is 3. The molecule has 1 amide bonds. The largest absolute Gasteiger partial charge is 0.493 e. The normalized spacial score (nSPS) is 10.9. The minimum absolute atomic E-state index is 0.0671. The smallest absolute Gasteiger partial charge is 0.308 e. The van der Waals surface area contributed by atoms with E-state index >= 15 is 0 Å². The number of hydrogen-bond acceptors (Lipinski definition) is 8. The van der Waals surface area contributed by atoms with E-state index in [9.17, 15) is 9.59 Å². The van der Waals surface area contributed by atoms with E-state index in [1.54, 1.807) is 30.3 Å². The SMILES string of the molecule is COc1cc(/C=N/NC(=O)CSc2nnc(-c3ccc(Cl)cc3)n2-c2ccccc2)ccc1OC(C)=O. The molecule has 0 aliphatic rings. The molecule has 37 heavy (non-hydrogen) atoms. The average Bonchev–Trinajstić information content (AvgIpc) is 3.33. The molecular formula is C26H22ClN5O4S. The van der Waals surface area contributed by atoms with Gasteiger partial charge >= 0.3 is 5.97 Å². The van der Waals surface area contributed by atoms with Crippen LogP contribution in [0.1, 0.15) is 12.5 Å². The summed E-state index contributed by atoms with van der Waals surface area (Å²) in [5.41, 5.74) is 4.86. The molecule has 0 aliphatic carbocycles. The second-order valence-electron chi connectivity index (χ2n) is 7.57.